The predicted molar refractivity (Wildman–Crippen MR) is 119 cm³/mol. The summed E-state index contributed by atoms with van der Waals surface area (Å²) in [6.45, 7) is 9.91. The first-order valence-electron chi connectivity index (χ1n) is 9.96. The van der Waals surface area contributed by atoms with Gasteiger partial charge in [-0.25, -0.2) is 0 Å². The van der Waals surface area contributed by atoms with Crippen LogP contribution in [0.2, 0.25) is 13.1 Å². The maximum atomic E-state index is 2.61. The predicted octanol–water partition coefficient (Wildman–Crippen LogP) is 7.18. The molecule has 0 fully saturated rings. The molecule has 0 heterocycles. The number of rotatable bonds is 2. The standard InChI is InChI=1S/C26H26Si/c1-17-18(2)25(22-14-8-5-11-19(17)22)27(3,4)26-23-15-9-6-12-20(23)21-13-7-10-16-24(21)26/h5-16,25-26H,1-4H3. The van der Waals surface area contributed by atoms with E-state index in [0.29, 0.717) is 11.1 Å². The zero-order chi connectivity index (χ0) is 18.8. The Morgan fingerprint density at radius 2 is 0.963 bits per heavy atom. The third kappa shape index (κ3) is 2.21. The van der Waals surface area contributed by atoms with Gasteiger partial charge >= 0.3 is 0 Å². The van der Waals surface area contributed by atoms with E-state index < -0.39 is 8.07 Å². The normalized spacial score (nSPS) is 18.4. The number of benzene rings is 3. The van der Waals surface area contributed by atoms with E-state index >= 15 is 0 Å². The van der Waals surface area contributed by atoms with E-state index in [4.69, 9.17) is 0 Å². The van der Waals surface area contributed by atoms with Crippen LogP contribution in [0.4, 0.5) is 0 Å². The fraction of sp³-hybridized carbons (Fsp3) is 0.231. The molecule has 0 aromatic heterocycles. The average Bonchev–Trinajstić information content (AvgIpc) is 3.15. The second kappa shape index (κ2) is 5.81. The van der Waals surface area contributed by atoms with Crippen LogP contribution in [0, 0.1) is 0 Å². The summed E-state index contributed by atoms with van der Waals surface area (Å²) in [6.07, 6.45) is 0. The molecule has 3 aromatic carbocycles. The van der Waals surface area contributed by atoms with Crippen LogP contribution < -0.4 is 0 Å². The summed E-state index contributed by atoms with van der Waals surface area (Å²) in [7, 11) is -1.75. The van der Waals surface area contributed by atoms with Gasteiger partial charge in [0, 0.05) is 11.1 Å². The molecule has 0 N–H and O–H groups in total. The lowest BCUT2D eigenvalue weighted by molar-refractivity contribution is 0.985. The minimum absolute atomic E-state index is 0.545. The van der Waals surface area contributed by atoms with Gasteiger partial charge in [-0.05, 0) is 52.8 Å². The topological polar surface area (TPSA) is 0 Å². The highest BCUT2D eigenvalue weighted by Crippen LogP contribution is 2.56. The highest BCUT2D eigenvalue weighted by Gasteiger charge is 2.48. The molecule has 0 saturated carbocycles. The lowest BCUT2D eigenvalue weighted by atomic mass is 10.1. The number of allylic oxidation sites excluding steroid dienone is 2. The van der Waals surface area contributed by atoms with E-state index in [-0.39, 0.29) is 0 Å². The zero-order valence-corrected chi connectivity index (χ0v) is 17.6. The summed E-state index contributed by atoms with van der Waals surface area (Å²) < 4.78 is 0. The van der Waals surface area contributed by atoms with Crippen LogP contribution in [0.15, 0.2) is 78.4 Å². The van der Waals surface area contributed by atoms with Gasteiger partial charge in [-0.2, -0.15) is 0 Å². The third-order valence-electron chi connectivity index (χ3n) is 7.02. The van der Waals surface area contributed by atoms with Gasteiger partial charge in [-0.3, -0.25) is 0 Å². The van der Waals surface area contributed by atoms with Gasteiger partial charge in [0.25, 0.3) is 0 Å². The molecule has 0 aliphatic heterocycles. The lowest BCUT2D eigenvalue weighted by Crippen LogP contribution is -2.42. The van der Waals surface area contributed by atoms with Crippen LogP contribution >= 0.6 is 0 Å². The molecule has 2 aliphatic carbocycles. The van der Waals surface area contributed by atoms with E-state index in [1.807, 2.05) is 0 Å². The van der Waals surface area contributed by atoms with Crippen molar-refractivity contribution in [1.29, 1.82) is 0 Å². The maximum absolute atomic E-state index is 2.61. The van der Waals surface area contributed by atoms with Gasteiger partial charge in [0.1, 0.15) is 0 Å². The van der Waals surface area contributed by atoms with Crippen molar-refractivity contribution in [2.45, 2.75) is 38.0 Å². The SMILES string of the molecule is CC1=C(C)C([Si](C)(C)C2c3ccccc3-c3ccccc32)c2ccccc21. The van der Waals surface area contributed by atoms with E-state index in [1.54, 1.807) is 22.3 Å². The number of fused-ring (bicyclic) bond motifs is 4. The first-order chi connectivity index (χ1) is 13.0. The zero-order valence-electron chi connectivity index (χ0n) is 16.6. The second-order valence-electron chi connectivity index (χ2n) is 8.76. The van der Waals surface area contributed by atoms with Crippen LogP contribution in [-0.4, -0.2) is 8.07 Å². The largest absolute Gasteiger partial charge is 0.0726 e. The van der Waals surface area contributed by atoms with Crippen LogP contribution in [-0.2, 0) is 0 Å². The Kier molecular flexibility index (Phi) is 3.61. The van der Waals surface area contributed by atoms with Gasteiger partial charge in [-0.15, -0.1) is 0 Å². The monoisotopic (exact) mass is 366 g/mol. The molecule has 1 atom stereocenters. The first-order valence-corrected chi connectivity index (χ1v) is 13.1. The van der Waals surface area contributed by atoms with Gasteiger partial charge in [0.2, 0.25) is 0 Å². The quantitative estimate of drug-likeness (QED) is 0.421. The Balaban J connectivity index is 1.73. The van der Waals surface area contributed by atoms with Crippen molar-refractivity contribution < 1.29 is 0 Å². The van der Waals surface area contributed by atoms with Crippen LogP contribution in [0.5, 0.6) is 0 Å². The van der Waals surface area contributed by atoms with Crippen LogP contribution in [0.3, 0.4) is 0 Å². The molecule has 0 saturated heterocycles. The van der Waals surface area contributed by atoms with E-state index in [1.165, 1.54) is 22.3 Å². The minimum atomic E-state index is -1.75. The van der Waals surface area contributed by atoms with E-state index in [2.05, 4.69) is 99.7 Å². The van der Waals surface area contributed by atoms with E-state index in [0.717, 1.165) is 0 Å². The highest BCUT2D eigenvalue weighted by atomic mass is 28.3. The summed E-state index contributed by atoms with van der Waals surface area (Å²) in [5, 5.41) is 0. The van der Waals surface area contributed by atoms with Crippen molar-refractivity contribution in [3.8, 4) is 11.1 Å². The fourth-order valence-electron chi connectivity index (χ4n) is 5.84. The summed E-state index contributed by atoms with van der Waals surface area (Å²) in [5.41, 5.74) is 13.2. The molecule has 0 radical (unpaired) electrons. The average molecular weight is 367 g/mol. The van der Waals surface area contributed by atoms with Gasteiger partial charge in [-0.1, -0.05) is 91.5 Å². The van der Waals surface area contributed by atoms with Gasteiger partial charge in [0.05, 0.1) is 8.07 Å². The molecule has 1 heteroatoms. The smallest absolute Gasteiger partial charge is 0.0679 e. The number of hydrogen-bond acceptors (Lipinski definition) is 0. The second-order valence-corrected chi connectivity index (χ2v) is 13.6. The third-order valence-corrected chi connectivity index (χ3v) is 11.4. The Morgan fingerprint density at radius 3 is 1.48 bits per heavy atom. The Hall–Kier alpha value is -2.38. The maximum Gasteiger partial charge on any atom is 0.0726 e. The van der Waals surface area contributed by atoms with Crippen molar-refractivity contribution in [2.24, 2.45) is 0 Å². The molecular weight excluding hydrogens is 340 g/mol. The molecule has 27 heavy (non-hydrogen) atoms. The molecular formula is C26H26Si. The minimum Gasteiger partial charge on any atom is -0.0679 e. The summed E-state index contributed by atoms with van der Waals surface area (Å²) in [5.74, 6) is 0. The highest BCUT2D eigenvalue weighted by molar-refractivity contribution is 6.82. The summed E-state index contributed by atoms with van der Waals surface area (Å²) in [4.78, 5) is 0. The van der Waals surface area contributed by atoms with Crippen molar-refractivity contribution in [1.82, 2.24) is 0 Å². The Bertz CT molecular complexity index is 1040. The van der Waals surface area contributed by atoms with Crippen molar-refractivity contribution in [3.05, 3.63) is 101 Å². The molecule has 0 nitrogen and oxygen atoms in total. The summed E-state index contributed by atoms with van der Waals surface area (Å²) in [6, 6.07) is 27.3. The van der Waals surface area contributed by atoms with Crippen LogP contribution in [0.1, 0.15) is 47.2 Å². The Morgan fingerprint density at radius 1 is 0.556 bits per heavy atom. The number of hydrogen-bond donors (Lipinski definition) is 0. The van der Waals surface area contributed by atoms with Gasteiger partial charge < -0.3 is 0 Å². The van der Waals surface area contributed by atoms with Gasteiger partial charge in [0.15, 0.2) is 0 Å². The molecule has 0 amide bonds. The molecule has 5 rings (SSSR count). The van der Waals surface area contributed by atoms with E-state index in [9.17, 15) is 0 Å². The molecule has 0 spiro atoms. The lowest BCUT2D eigenvalue weighted by Gasteiger charge is -2.38. The van der Waals surface area contributed by atoms with Crippen molar-refractivity contribution in [2.75, 3.05) is 0 Å². The Labute approximate surface area is 163 Å². The molecule has 3 aromatic rings. The fourth-order valence-corrected chi connectivity index (χ4v) is 10.7. The molecule has 2 aliphatic rings. The van der Waals surface area contributed by atoms with Crippen molar-refractivity contribution >= 4 is 13.6 Å². The molecule has 134 valence electrons. The summed E-state index contributed by atoms with van der Waals surface area (Å²) >= 11 is 0. The first kappa shape index (κ1) is 16.8. The molecule has 1 unspecified atom stereocenters. The molecule has 0 bridgehead atoms. The van der Waals surface area contributed by atoms with Crippen LogP contribution in [0.25, 0.3) is 16.7 Å². The van der Waals surface area contributed by atoms with Crippen molar-refractivity contribution in [3.63, 3.8) is 0 Å².